The molecule has 1 N–H and O–H groups in total. The summed E-state index contributed by atoms with van der Waals surface area (Å²) in [5.41, 5.74) is 0. The molecule has 0 radical (unpaired) electrons. The van der Waals surface area contributed by atoms with Gasteiger partial charge in [0.2, 0.25) is 0 Å². The van der Waals surface area contributed by atoms with E-state index in [-0.39, 0.29) is 0 Å². The number of alkyl halides is 3. The van der Waals surface area contributed by atoms with Crippen LogP contribution in [0.15, 0.2) is 47.3 Å². The first-order valence-electron chi connectivity index (χ1n) is 9.13. The molecule has 0 spiro atoms. The molecular formula is C19H23F3N2O4. The zero-order valence-electron chi connectivity index (χ0n) is 15.2. The minimum absolute atomic E-state index is 0.371. The summed E-state index contributed by atoms with van der Waals surface area (Å²) >= 11 is 0. The van der Waals surface area contributed by atoms with Crippen LogP contribution >= 0.6 is 0 Å². The number of hydrogen-bond acceptors (Lipinski definition) is 4. The molecule has 28 heavy (non-hydrogen) atoms. The van der Waals surface area contributed by atoms with Crippen LogP contribution < -0.4 is 0 Å². The first-order valence-corrected chi connectivity index (χ1v) is 9.13. The number of nitrogens with zero attached hydrogens (tertiary/aromatic N) is 2. The van der Waals surface area contributed by atoms with Crippen molar-refractivity contribution in [1.82, 2.24) is 9.47 Å². The van der Waals surface area contributed by atoms with E-state index in [0.717, 1.165) is 32.0 Å². The van der Waals surface area contributed by atoms with Crippen LogP contribution in [0, 0.1) is 5.92 Å². The molecule has 3 atom stereocenters. The van der Waals surface area contributed by atoms with Crippen molar-refractivity contribution in [2.24, 2.45) is 5.92 Å². The molecule has 2 aliphatic rings. The van der Waals surface area contributed by atoms with Crippen LogP contribution in [0.2, 0.25) is 0 Å². The van der Waals surface area contributed by atoms with Gasteiger partial charge in [-0.05, 0) is 37.1 Å². The number of furan rings is 1. The van der Waals surface area contributed by atoms with Gasteiger partial charge < -0.3 is 18.8 Å². The van der Waals surface area contributed by atoms with Gasteiger partial charge in [-0.1, -0.05) is 0 Å². The van der Waals surface area contributed by atoms with E-state index in [9.17, 15) is 13.2 Å². The number of halogens is 3. The fourth-order valence-electron chi connectivity index (χ4n) is 3.89. The Hall–Kier alpha value is -2.26. The van der Waals surface area contributed by atoms with Gasteiger partial charge in [0.25, 0.3) is 0 Å². The maximum atomic E-state index is 10.6. The zero-order chi connectivity index (χ0) is 20.1. The molecule has 2 fully saturated rings. The Morgan fingerprint density at radius 3 is 2.54 bits per heavy atom. The predicted octanol–water partition coefficient (Wildman–Crippen LogP) is 3.39. The third kappa shape index (κ3) is 5.17. The number of carbonyl (C=O) groups is 1. The highest BCUT2D eigenvalue weighted by molar-refractivity contribution is 5.73. The minimum atomic E-state index is -5.08. The summed E-state index contributed by atoms with van der Waals surface area (Å²) < 4.78 is 45.7. The van der Waals surface area contributed by atoms with Crippen LogP contribution in [-0.2, 0) is 22.6 Å². The van der Waals surface area contributed by atoms with Gasteiger partial charge in [-0.3, -0.25) is 4.90 Å². The predicted molar refractivity (Wildman–Crippen MR) is 93.5 cm³/mol. The number of aliphatic carboxylic acids is 1. The molecule has 6 nitrogen and oxygen atoms in total. The zero-order valence-corrected chi connectivity index (χ0v) is 15.2. The Morgan fingerprint density at radius 2 is 1.93 bits per heavy atom. The van der Waals surface area contributed by atoms with Crippen molar-refractivity contribution >= 4 is 5.97 Å². The molecule has 1 saturated carbocycles. The largest absolute Gasteiger partial charge is 0.490 e. The summed E-state index contributed by atoms with van der Waals surface area (Å²) in [5, 5.41) is 7.12. The lowest BCUT2D eigenvalue weighted by atomic mass is 10.0. The fraction of sp³-hybridized carbons (Fsp3) is 0.526. The number of morpholine rings is 1. The summed E-state index contributed by atoms with van der Waals surface area (Å²) in [4.78, 5) is 11.4. The Labute approximate surface area is 160 Å². The molecule has 0 bridgehead atoms. The van der Waals surface area contributed by atoms with Crippen molar-refractivity contribution in [2.75, 3.05) is 13.2 Å². The van der Waals surface area contributed by atoms with Crippen LogP contribution in [0.3, 0.4) is 0 Å². The molecule has 2 aromatic heterocycles. The van der Waals surface area contributed by atoms with E-state index in [1.54, 1.807) is 6.26 Å². The van der Waals surface area contributed by atoms with Gasteiger partial charge >= 0.3 is 12.1 Å². The Balaban J connectivity index is 0.000000279. The van der Waals surface area contributed by atoms with Gasteiger partial charge in [0.15, 0.2) is 0 Å². The van der Waals surface area contributed by atoms with Crippen LogP contribution in [0.1, 0.15) is 18.6 Å². The third-order valence-electron chi connectivity index (χ3n) is 5.13. The molecule has 2 aromatic rings. The van der Waals surface area contributed by atoms with Gasteiger partial charge in [-0.15, -0.1) is 0 Å². The van der Waals surface area contributed by atoms with Gasteiger partial charge in [0, 0.05) is 37.4 Å². The number of rotatable bonds is 4. The maximum Gasteiger partial charge on any atom is 0.490 e. The topological polar surface area (TPSA) is 67.8 Å². The lowest BCUT2D eigenvalue weighted by molar-refractivity contribution is -0.192. The lowest BCUT2D eigenvalue weighted by Gasteiger charge is -2.39. The summed E-state index contributed by atoms with van der Waals surface area (Å²) in [7, 11) is 0. The third-order valence-corrected chi connectivity index (χ3v) is 5.13. The van der Waals surface area contributed by atoms with E-state index in [1.807, 2.05) is 6.07 Å². The highest BCUT2D eigenvalue weighted by atomic mass is 19.4. The highest BCUT2D eigenvalue weighted by Crippen LogP contribution is 2.36. The quantitative estimate of drug-likeness (QED) is 0.852. The number of hydrogen-bond donors (Lipinski definition) is 1. The average molecular weight is 400 g/mol. The molecule has 3 unspecified atom stereocenters. The summed E-state index contributed by atoms with van der Waals surface area (Å²) in [5.74, 6) is -1.07. The van der Waals surface area contributed by atoms with E-state index < -0.39 is 12.1 Å². The normalized spacial score (nSPS) is 25.0. The minimum Gasteiger partial charge on any atom is -0.475 e. The van der Waals surface area contributed by atoms with Crippen molar-refractivity contribution < 1.29 is 32.2 Å². The van der Waals surface area contributed by atoms with E-state index in [1.165, 1.54) is 12.8 Å². The highest BCUT2D eigenvalue weighted by Gasteiger charge is 2.42. The molecule has 3 heterocycles. The maximum absolute atomic E-state index is 10.6. The second-order valence-corrected chi connectivity index (χ2v) is 6.97. The summed E-state index contributed by atoms with van der Waals surface area (Å²) in [6.07, 6.45) is 3.83. The number of carboxylic acids is 1. The first-order chi connectivity index (χ1) is 13.3. The van der Waals surface area contributed by atoms with Crippen LogP contribution in [0.4, 0.5) is 13.2 Å². The Kier molecular flexibility index (Phi) is 6.46. The molecule has 4 rings (SSSR count). The van der Waals surface area contributed by atoms with Crippen LogP contribution in [-0.4, -0.2) is 52.0 Å². The molecule has 0 aromatic carbocycles. The average Bonchev–Trinajstić information content (AvgIpc) is 3.38. The number of fused-ring (bicyclic) bond motifs is 1. The molecule has 1 saturated heterocycles. The van der Waals surface area contributed by atoms with Crippen molar-refractivity contribution in [2.45, 2.75) is 44.3 Å². The smallest absolute Gasteiger partial charge is 0.475 e. The number of carboxylic acid groups (broad SMARTS) is 1. The van der Waals surface area contributed by atoms with Crippen LogP contribution in [0.25, 0.3) is 0 Å². The Bertz CT molecular complexity index is 731. The molecule has 1 aliphatic heterocycles. The van der Waals surface area contributed by atoms with Crippen molar-refractivity contribution in [3.05, 3.63) is 48.7 Å². The SMILES string of the molecule is O=C(O)C(F)(F)F.c1coc(CN2CCOC3C(Cn4cccc4)CCC32)c1. The monoisotopic (exact) mass is 400 g/mol. The molecule has 9 heteroatoms. The van der Waals surface area contributed by atoms with E-state index in [2.05, 4.69) is 40.1 Å². The fourth-order valence-corrected chi connectivity index (χ4v) is 3.89. The van der Waals surface area contributed by atoms with Gasteiger partial charge in [0.05, 0.1) is 25.5 Å². The van der Waals surface area contributed by atoms with E-state index in [4.69, 9.17) is 19.1 Å². The summed E-state index contributed by atoms with van der Waals surface area (Å²) in [6.45, 7) is 3.83. The molecule has 154 valence electrons. The summed E-state index contributed by atoms with van der Waals surface area (Å²) in [6, 6.07) is 8.77. The van der Waals surface area contributed by atoms with Crippen LogP contribution in [0.5, 0.6) is 0 Å². The lowest BCUT2D eigenvalue weighted by Crippen LogP contribution is -2.50. The van der Waals surface area contributed by atoms with E-state index >= 15 is 0 Å². The van der Waals surface area contributed by atoms with Gasteiger partial charge in [-0.25, -0.2) is 4.79 Å². The Morgan fingerprint density at radius 1 is 1.21 bits per heavy atom. The van der Waals surface area contributed by atoms with Crippen molar-refractivity contribution in [3.8, 4) is 0 Å². The molecule has 1 aliphatic carbocycles. The second kappa shape index (κ2) is 8.83. The van der Waals surface area contributed by atoms with Crippen molar-refractivity contribution in [1.29, 1.82) is 0 Å². The molecule has 0 amide bonds. The number of aromatic nitrogens is 1. The van der Waals surface area contributed by atoms with Gasteiger partial charge in [-0.2, -0.15) is 13.2 Å². The van der Waals surface area contributed by atoms with Crippen molar-refractivity contribution in [3.63, 3.8) is 0 Å². The van der Waals surface area contributed by atoms with E-state index in [0.29, 0.717) is 18.1 Å². The first kappa shape index (κ1) is 20.5. The second-order valence-electron chi connectivity index (χ2n) is 6.97. The molecular weight excluding hydrogens is 377 g/mol. The van der Waals surface area contributed by atoms with Gasteiger partial charge in [0.1, 0.15) is 5.76 Å². The standard InChI is InChI=1S/C17H22N2O2.C2HF3O2/c1-2-8-18(7-1)12-14-5-6-16-17(14)21-11-9-19(16)13-15-4-3-10-20-15;3-2(4,5)1(6)7/h1-4,7-8,10,14,16-17H,5-6,9,11-13H2;(H,6,7). The number of ether oxygens (including phenoxy) is 1.